The van der Waals surface area contributed by atoms with Crippen LogP contribution in [-0.4, -0.2) is 48.8 Å². The van der Waals surface area contributed by atoms with Gasteiger partial charge in [-0.15, -0.1) is 0 Å². The highest BCUT2D eigenvalue weighted by Crippen LogP contribution is 2.31. The third kappa shape index (κ3) is 3.36. The molecular formula is C17H25N5O2. The molecule has 130 valence electrons. The number of imidazole rings is 1. The Morgan fingerprint density at radius 2 is 2.17 bits per heavy atom. The molecule has 1 aliphatic heterocycles. The fourth-order valence-electron chi connectivity index (χ4n) is 3.43. The molecule has 2 aromatic rings. The average Bonchev–Trinajstić information content (AvgIpc) is 3.20. The van der Waals surface area contributed by atoms with Crippen molar-refractivity contribution in [2.45, 2.75) is 45.2 Å². The smallest absolute Gasteiger partial charge is 0.330 e. The molecule has 0 bridgehead atoms. The van der Waals surface area contributed by atoms with Gasteiger partial charge in [-0.25, -0.2) is 9.78 Å². The zero-order valence-corrected chi connectivity index (χ0v) is 14.3. The minimum absolute atomic E-state index is 0.575. The average molecular weight is 331 g/mol. The van der Waals surface area contributed by atoms with Gasteiger partial charge in [0.25, 0.3) is 0 Å². The van der Waals surface area contributed by atoms with Crippen LogP contribution in [0.15, 0.2) is 24.8 Å². The van der Waals surface area contributed by atoms with Gasteiger partial charge in [0.15, 0.2) is 0 Å². The number of hydrogen-bond acceptors (Lipinski definition) is 4. The molecule has 1 aliphatic rings. The van der Waals surface area contributed by atoms with E-state index < -0.39 is 11.5 Å². The largest absolute Gasteiger partial charge is 0.479 e. The molecule has 3 heterocycles. The highest BCUT2D eigenvalue weighted by atomic mass is 16.4. The molecule has 7 nitrogen and oxygen atoms in total. The summed E-state index contributed by atoms with van der Waals surface area (Å²) in [5, 5.41) is 17.2. The summed E-state index contributed by atoms with van der Waals surface area (Å²) in [6, 6.07) is 2.12. The first-order valence-corrected chi connectivity index (χ1v) is 8.47. The molecule has 0 atom stereocenters. The number of nitrogens with one attached hydrogen (secondary N) is 1. The van der Waals surface area contributed by atoms with Crippen LogP contribution in [-0.2, 0) is 23.3 Å². The fraction of sp³-hybridized carbons (Fsp3) is 0.588. The Balaban J connectivity index is 1.62. The monoisotopic (exact) mass is 331 g/mol. The third-order valence-corrected chi connectivity index (χ3v) is 4.78. The third-order valence-electron chi connectivity index (χ3n) is 4.78. The van der Waals surface area contributed by atoms with E-state index in [4.69, 9.17) is 0 Å². The first-order chi connectivity index (χ1) is 11.5. The zero-order valence-electron chi connectivity index (χ0n) is 14.3. The SMILES string of the molecule is CC(C)Cc1cc(CN2CCC(C(=O)O)(n3ccnc3)CC2)[nH]n1. The van der Waals surface area contributed by atoms with Crippen LogP contribution in [0.2, 0.25) is 0 Å². The molecule has 0 aromatic carbocycles. The van der Waals surface area contributed by atoms with Gasteiger partial charge in [-0.2, -0.15) is 5.10 Å². The van der Waals surface area contributed by atoms with Crippen LogP contribution in [0, 0.1) is 5.92 Å². The van der Waals surface area contributed by atoms with Crippen LogP contribution < -0.4 is 0 Å². The summed E-state index contributed by atoms with van der Waals surface area (Å²) in [5.74, 6) is -0.191. The minimum atomic E-state index is -0.871. The highest BCUT2D eigenvalue weighted by molar-refractivity contribution is 5.77. The van der Waals surface area contributed by atoms with Crippen molar-refractivity contribution >= 4 is 5.97 Å². The second-order valence-electron chi connectivity index (χ2n) is 7.07. The van der Waals surface area contributed by atoms with Gasteiger partial charge in [-0.3, -0.25) is 10.00 Å². The highest BCUT2D eigenvalue weighted by Gasteiger charge is 2.43. The van der Waals surface area contributed by atoms with E-state index in [-0.39, 0.29) is 0 Å². The number of aromatic amines is 1. The maximum absolute atomic E-state index is 11.9. The number of likely N-dealkylation sites (tertiary alicyclic amines) is 1. The number of carbonyl (C=O) groups is 1. The number of aromatic nitrogens is 4. The number of nitrogens with zero attached hydrogens (tertiary/aromatic N) is 4. The normalized spacial score (nSPS) is 18.1. The van der Waals surface area contributed by atoms with Crippen molar-refractivity contribution in [3.05, 3.63) is 36.2 Å². The first-order valence-electron chi connectivity index (χ1n) is 8.47. The summed E-state index contributed by atoms with van der Waals surface area (Å²) >= 11 is 0. The number of aliphatic carboxylic acids is 1. The van der Waals surface area contributed by atoms with E-state index in [0.717, 1.165) is 37.4 Å². The van der Waals surface area contributed by atoms with Crippen molar-refractivity contribution in [1.82, 2.24) is 24.6 Å². The molecule has 0 amide bonds. The number of carboxylic acid groups (broad SMARTS) is 1. The lowest BCUT2D eigenvalue weighted by molar-refractivity contribution is -0.150. The zero-order chi connectivity index (χ0) is 17.2. The van der Waals surface area contributed by atoms with E-state index in [9.17, 15) is 9.90 Å². The van der Waals surface area contributed by atoms with Crippen LogP contribution in [0.3, 0.4) is 0 Å². The van der Waals surface area contributed by atoms with Crippen molar-refractivity contribution in [3.8, 4) is 0 Å². The molecule has 0 aliphatic carbocycles. The number of H-pyrrole nitrogens is 1. The molecule has 2 aromatic heterocycles. The number of hydrogen-bond donors (Lipinski definition) is 2. The Bertz CT molecular complexity index is 669. The number of rotatable bonds is 6. The Morgan fingerprint density at radius 1 is 1.42 bits per heavy atom. The second-order valence-corrected chi connectivity index (χ2v) is 7.07. The van der Waals surface area contributed by atoms with E-state index in [1.54, 1.807) is 23.3 Å². The molecule has 3 rings (SSSR count). The van der Waals surface area contributed by atoms with Crippen LogP contribution >= 0.6 is 0 Å². The van der Waals surface area contributed by atoms with E-state index >= 15 is 0 Å². The molecule has 0 spiro atoms. The summed E-state index contributed by atoms with van der Waals surface area (Å²) in [6.45, 7) is 6.62. The van der Waals surface area contributed by atoms with Crippen molar-refractivity contribution in [2.24, 2.45) is 5.92 Å². The van der Waals surface area contributed by atoms with E-state index in [1.807, 2.05) is 0 Å². The van der Waals surface area contributed by atoms with E-state index in [1.165, 1.54) is 0 Å². The number of piperidine rings is 1. The lowest BCUT2D eigenvalue weighted by Crippen LogP contribution is -2.50. The molecule has 24 heavy (non-hydrogen) atoms. The first kappa shape index (κ1) is 16.7. The van der Waals surface area contributed by atoms with E-state index in [0.29, 0.717) is 18.8 Å². The molecule has 1 fully saturated rings. The summed E-state index contributed by atoms with van der Waals surface area (Å²) in [6.07, 6.45) is 7.11. The van der Waals surface area contributed by atoms with Crippen molar-refractivity contribution in [2.75, 3.05) is 13.1 Å². The maximum atomic E-state index is 11.9. The van der Waals surface area contributed by atoms with Crippen molar-refractivity contribution in [1.29, 1.82) is 0 Å². The summed E-state index contributed by atoms with van der Waals surface area (Å²) in [7, 11) is 0. The standard InChI is InChI=1S/C17H25N5O2/c1-13(2)9-14-10-15(20-19-14)11-21-6-3-17(4-7-21,16(23)24)22-8-5-18-12-22/h5,8,10,12-13H,3-4,6-7,9,11H2,1-2H3,(H,19,20)(H,23,24). The van der Waals surface area contributed by atoms with Crippen LogP contribution in [0.25, 0.3) is 0 Å². The van der Waals surface area contributed by atoms with Crippen molar-refractivity contribution < 1.29 is 9.90 Å². The van der Waals surface area contributed by atoms with Gasteiger partial charge < -0.3 is 9.67 Å². The Morgan fingerprint density at radius 3 is 2.75 bits per heavy atom. The molecule has 0 radical (unpaired) electrons. The van der Waals surface area contributed by atoms with Crippen molar-refractivity contribution in [3.63, 3.8) is 0 Å². The van der Waals surface area contributed by atoms with Gasteiger partial charge in [0.1, 0.15) is 5.54 Å². The fourth-order valence-corrected chi connectivity index (χ4v) is 3.43. The van der Waals surface area contributed by atoms with Crippen LogP contribution in [0.5, 0.6) is 0 Å². The molecule has 1 saturated heterocycles. The maximum Gasteiger partial charge on any atom is 0.330 e. The lowest BCUT2D eigenvalue weighted by Gasteiger charge is -2.39. The molecule has 7 heteroatoms. The lowest BCUT2D eigenvalue weighted by atomic mass is 9.87. The Kier molecular flexibility index (Phi) is 4.71. The predicted molar refractivity (Wildman–Crippen MR) is 89.5 cm³/mol. The van der Waals surface area contributed by atoms with Gasteiger partial charge in [0.05, 0.1) is 12.0 Å². The molecule has 0 saturated carbocycles. The topological polar surface area (TPSA) is 87.0 Å². The quantitative estimate of drug-likeness (QED) is 0.844. The summed E-state index contributed by atoms with van der Waals surface area (Å²) < 4.78 is 1.74. The molecule has 2 N–H and O–H groups in total. The predicted octanol–water partition coefficient (Wildman–Crippen LogP) is 1.88. The van der Waals surface area contributed by atoms with Crippen LogP contribution in [0.1, 0.15) is 38.1 Å². The van der Waals surface area contributed by atoms with Gasteiger partial charge in [0.2, 0.25) is 0 Å². The Hall–Kier alpha value is -2.15. The summed E-state index contributed by atoms with van der Waals surface area (Å²) in [4.78, 5) is 18.2. The van der Waals surface area contributed by atoms with Crippen LogP contribution in [0.4, 0.5) is 0 Å². The second kappa shape index (κ2) is 6.76. The molecule has 0 unspecified atom stereocenters. The van der Waals surface area contributed by atoms with Gasteiger partial charge in [0, 0.05) is 37.7 Å². The molecular weight excluding hydrogens is 306 g/mol. The number of carboxylic acids is 1. The Labute approximate surface area is 141 Å². The minimum Gasteiger partial charge on any atom is -0.479 e. The van der Waals surface area contributed by atoms with Gasteiger partial charge in [-0.05, 0) is 31.2 Å². The van der Waals surface area contributed by atoms with Gasteiger partial charge >= 0.3 is 5.97 Å². The summed E-state index contributed by atoms with van der Waals surface area (Å²) in [5.41, 5.74) is 1.32. The van der Waals surface area contributed by atoms with Gasteiger partial charge in [-0.1, -0.05) is 13.8 Å². The van der Waals surface area contributed by atoms with E-state index in [2.05, 4.69) is 40.0 Å².